The van der Waals surface area contributed by atoms with E-state index in [0.717, 1.165) is 16.9 Å². The minimum Gasteiger partial charge on any atom is -0.507 e. The molecule has 0 fully saturated rings. The quantitative estimate of drug-likeness (QED) is 0.262. The lowest BCUT2D eigenvalue weighted by molar-refractivity contribution is 0.462. The predicted octanol–water partition coefficient (Wildman–Crippen LogP) is 9.72. The zero-order valence-electron chi connectivity index (χ0n) is 22.2. The van der Waals surface area contributed by atoms with Crippen LogP contribution in [0.5, 0.6) is 5.75 Å². The van der Waals surface area contributed by atoms with E-state index < -0.39 is 0 Å². The smallest absolute Gasteiger partial charge is 0.122 e. The largest absolute Gasteiger partial charge is 0.507 e. The number of benzene rings is 2. The van der Waals surface area contributed by atoms with Crippen molar-refractivity contribution in [2.24, 2.45) is 0 Å². The van der Waals surface area contributed by atoms with Crippen molar-refractivity contribution >= 4 is 11.8 Å². The second kappa shape index (κ2) is 14.8. The summed E-state index contributed by atoms with van der Waals surface area (Å²) in [7, 11) is 0. The van der Waals surface area contributed by atoms with E-state index in [-0.39, 0.29) is 5.92 Å². The van der Waals surface area contributed by atoms with Crippen LogP contribution in [0.4, 0.5) is 0 Å². The average Bonchev–Trinajstić information content (AvgIpc) is 2.77. The molecule has 0 bridgehead atoms. The van der Waals surface area contributed by atoms with Crippen LogP contribution in [-0.2, 0) is 0 Å². The summed E-state index contributed by atoms with van der Waals surface area (Å²) in [5, 5.41) is 11.0. The van der Waals surface area contributed by atoms with Gasteiger partial charge in [0.2, 0.25) is 0 Å². The van der Waals surface area contributed by atoms with Gasteiger partial charge in [-0.05, 0) is 69.0 Å². The first-order valence-corrected chi connectivity index (χ1v) is 14.5. The Hall–Kier alpha value is -1.41. The first-order valence-electron chi connectivity index (χ1n) is 13.3. The standard InChI is InChI=1S/C31H48OS/c1-7-8-9-10-11-12-13-14-15-16-17-33-22-30(28-20-23(2)18-25(4)27(28)6)29-21-24(3)19-26(5)31(29)32/h18-21,30,32H,7-17,22H2,1-6H3. The number of thioether (sulfide) groups is 1. The van der Waals surface area contributed by atoms with E-state index in [0.29, 0.717) is 5.75 Å². The predicted molar refractivity (Wildman–Crippen MR) is 149 cm³/mol. The summed E-state index contributed by atoms with van der Waals surface area (Å²) in [6.07, 6.45) is 13.9. The summed E-state index contributed by atoms with van der Waals surface area (Å²) in [6.45, 7) is 13.1. The second-order valence-electron chi connectivity index (χ2n) is 10.1. The summed E-state index contributed by atoms with van der Waals surface area (Å²) < 4.78 is 0. The molecule has 0 aliphatic carbocycles. The molecule has 1 N–H and O–H groups in total. The maximum absolute atomic E-state index is 11.0. The van der Waals surface area contributed by atoms with E-state index in [1.165, 1.54) is 97.8 Å². The lowest BCUT2D eigenvalue weighted by atomic mass is 9.85. The number of hydrogen-bond acceptors (Lipinski definition) is 2. The topological polar surface area (TPSA) is 20.2 Å². The average molecular weight is 469 g/mol. The maximum atomic E-state index is 11.0. The molecule has 1 atom stereocenters. The number of aryl methyl sites for hydroxylation is 4. The molecule has 1 unspecified atom stereocenters. The molecule has 184 valence electrons. The monoisotopic (exact) mass is 468 g/mol. The van der Waals surface area contributed by atoms with Crippen molar-refractivity contribution in [1.82, 2.24) is 0 Å². The zero-order valence-corrected chi connectivity index (χ0v) is 23.0. The summed E-state index contributed by atoms with van der Waals surface area (Å²) in [5.74, 6) is 2.94. The van der Waals surface area contributed by atoms with Gasteiger partial charge in [-0.2, -0.15) is 11.8 Å². The summed E-state index contributed by atoms with van der Waals surface area (Å²) in [4.78, 5) is 0. The highest BCUT2D eigenvalue weighted by Crippen LogP contribution is 2.39. The van der Waals surface area contributed by atoms with Crippen molar-refractivity contribution in [2.45, 2.75) is 112 Å². The molecule has 0 heterocycles. The molecule has 2 aromatic carbocycles. The highest BCUT2D eigenvalue weighted by molar-refractivity contribution is 7.99. The van der Waals surface area contributed by atoms with E-state index >= 15 is 0 Å². The number of unbranched alkanes of at least 4 members (excludes halogenated alkanes) is 9. The van der Waals surface area contributed by atoms with Crippen LogP contribution < -0.4 is 0 Å². The fraction of sp³-hybridized carbons (Fsp3) is 0.613. The van der Waals surface area contributed by atoms with E-state index in [2.05, 4.69) is 70.6 Å². The Kier molecular flexibility index (Phi) is 12.5. The minimum absolute atomic E-state index is 0.232. The third-order valence-corrected chi connectivity index (χ3v) is 8.15. The molecule has 33 heavy (non-hydrogen) atoms. The lowest BCUT2D eigenvalue weighted by Gasteiger charge is -2.24. The van der Waals surface area contributed by atoms with Crippen LogP contribution >= 0.6 is 11.8 Å². The summed E-state index contributed by atoms with van der Waals surface area (Å²) >= 11 is 2.06. The molecule has 0 radical (unpaired) electrons. The molecule has 0 saturated carbocycles. The molecule has 2 heteroatoms. The van der Waals surface area contributed by atoms with Crippen LogP contribution in [0.1, 0.15) is 116 Å². The SMILES string of the molecule is CCCCCCCCCCCCSCC(c1cc(C)cc(C)c1C)c1cc(C)cc(C)c1O. The number of aromatic hydroxyl groups is 1. The first-order chi connectivity index (χ1) is 15.8. The summed E-state index contributed by atoms with van der Waals surface area (Å²) in [5.41, 5.74) is 8.70. The van der Waals surface area contributed by atoms with E-state index in [1.54, 1.807) is 0 Å². The normalized spacial score (nSPS) is 12.3. The third-order valence-electron chi connectivity index (χ3n) is 7.00. The highest BCUT2D eigenvalue weighted by Gasteiger charge is 2.22. The van der Waals surface area contributed by atoms with Gasteiger partial charge in [-0.25, -0.2) is 0 Å². The van der Waals surface area contributed by atoms with Crippen LogP contribution in [0.3, 0.4) is 0 Å². The van der Waals surface area contributed by atoms with Crippen molar-refractivity contribution in [3.63, 3.8) is 0 Å². The van der Waals surface area contributed by atoms with Gasteiger partial charge in [0.1, 0.15) is 5.75 Å². The second-order valence-corrected chi connectivity index (χ2v) is 11.3. The van der Waals surface area contributed by atoms with E-state index in [4.69, 9.17) is 0 Å². The highest BCUT2D eigenvalue weighted by atomic mass is 32.2. The molecule has 0 aromatic heterocycles. The van der Waals surface area contributed by atoms with Gasteiger partial charge in [0.05, 0.1) is 0 Å². The molecule has 0 saturated heterocycles. The van der Waals surface area contributed by atoms with Crippen LogP contribution in [0.15, 0.2) is 24.3 Å². The van der Waals surface area contributed by atoms with Crippen LogP contribution in [0.25, 0.3) is 0 Å². The van der Waals surface area contributed by atoms with Gasteiger partial charge in [0.25, 0.3) is 0 Å². The fourth-order valence-corrected chi connectivity index (χ4v) is 6.10. The van der Waals surface area contributed by atoms with Gasteiger partial charge in [0, 0.05) is 17.2 Å². The van der Waals surface area contributed by atoms with Gasteiger partial charge in [-0.1, -0.05) is 100 Å². The van der Waals surface area contributed by atoms with E-state index in [1.807, 2.05) is 6.92 Å². The van der Waals surface area contributed by atoms with Crippen molar-refractivity contribution in [1.29, 1.82) is 0 Å². The molecular weight excluding hydrogens is 420 g/mol. The Balaban J connectivity index is 1.94. The fourth-order valence-electron chi connectivity index (χ4n) is 4.93. The molecule has 0 aliphatic heterocycles. The lowest BCUT2D eigenvalue weighted by Crippen LogP contribution is -2.09. The van der Waals surface area contributed by atoms with Crippen LogP contribution in [0, 0.1) is 34.6 Å². The molecule has 0 spiro atoms. The Bertz CT molecular complexity index is 797. The molecule has 1 nitrogen and oxygen atoms in total. The first kappa shape index (κ1) is 27.8. The number of phenols is 1. The third kappa shape index (κ3) is 9.04. The van der Waals surface area contributed by atoms with Gasteiger partial charge in [-0.3, -0.25) is 0 Å². The van der Waals surface area contributed by atoms with Gasteiger partial charge >= 0.3 is 0 Å². The van der Waals surface area contributed by atoms with Crippen molar-refractivity contribution in [3.8, 4) is 5.75 Å². The molecule has 2 aromatic rings. The Morgan fingerprint density at radius 2 is 1.18 bits per heavy atom. The van der Waals surface area contributed by atoms with Crippen LogP contribution in [0.2, 0.25) is 0 Å². The van der Waals surface area contributed by atoms with Crippen LogP contribution in [-0.4, -0.2) is 16.6 Å². The Morgan fingerprint density at radius 3 is 1.79 bits per heavy atom. The minimum atomic E-state index is 0.232. The summed E-state index contributed by atoms with van der Waals surface area (Å²) in [6, 6.07) is 8.89. The van der Waals surface area contributed by atoms with E-state index in [9.17, 15) is 5.11 Å². The Morgan fingerprint density at radius 1 is 0.667 bits per heavy atom. The molecular formula is C31H48OS. The number of hydrogen-bond donors (Lipinski definition) is 1. The van der Waals surface area contributed by atoms with Gasteiger partial charge in [0.15, 0.2) is 0 Å². The van der Waals surface area contributed by atoms with Crippen molar-refractivity contribution in [3.05, 3.63) is 63.2 Å². The van der Waals surface area contributed by atoms with Gasteiger partial charge in [-0.15, -0.1) is 0 Å². The molecule has 0 amide bonds. The zero-order chi connectivity index (χ0) is 24.2. The van der Waals surface area contributed by atoms with Crippen molar-refractivity contribution in [2.75, 3.05) is 11.5 Å². The maximum Gasteiger partial charge on any atom is 0.122 e. The molecule has 0 aliphatic rings. The van der Waals surface area contributed by atoms with Crippen molar-refractivity contribution < 1.29 is 5.11 Å². The number of rotatable bonds is 15. The van der Waals surface area contributed by atoms with Gasteiger partial charge < -0.3 is 5.11 Å². The number of phenolic OH excluding ortho intramolecular Hbond substituents is 1. The Labute approximate surface area is 208 Å². The molecule has 2 rings (SSSR count).